The van der Waals surface area contributed by atoms with Crippen molar-refractivity contribution in [2.45, 2.75) is 26.3 Å². The van der Waals surface area contributed by atoms with E-state index in [4.69, 9.17) is 11.6 Å². The summed E-state index contributed by atoms with van der Waals surface area (Å²) < 4.78 is 0. The molecule has 1 nitrogen and oxygen atoms in total. The summed E-state index contributed by atoms with van der Waals surface area (Å²) in [5.74, 6) is 0.909. The van der Waals surface area contributed by atoms with E-state index < -0.39 is 0 Å². The molecule has 0 saturated carbocycles. The maximum absolute atomic E-state index is 5.86. The molecule has 0 aliphatic carbocycles. The minimum absolute atomic E-state index is 0.825. The van der Waals surface area contributed by atoms with E-state index in [0.29, 0.717) is 0 Å². The fourth-order valence-electron chi connectivity index (χ4n) is 2.07. The molecule has 1 aliphatic rings. The molecule has 0 amide bonds. The van der Waals surface area contributed by atoms with Crippen LogP contribution in [-0.2, 0) is 6.54 Å². The smallest absolute Gasteiger partial charge is 0.0406 e. The number of benzene rings is 1. The summed E-state index contributed by atoms with van der Waals surface area (Å²) in [7, 11) is 0. The molecule has 1 saturated heterocycles. The third-order valence-electron chi connectivity index (χ3n) is 3.20. The molecule has 0 unspecified atom stereocenters. The minimum Gasteiger partial charge on any atom is -0.299 e. The predicted molar refractivity (Wildman–Crippen MR) is 65.1 cm³/mol. The van der Waals surface area contributed by atoms with Crippen LogP contribution in [0.4, 0.5) is 0 Å². The fourth-order valence-corrected chi connectivity index (χ4v) is 2.19. The van der Waals surface area contributed by atoms with Crippen LogP contribution in [0, 0.1) is 5.92 Å². The molecule has 1 fully saturated rings. The first-order valence-corrected chi connectivity index (χ1v) is 6.08. The summed E-state index contributed by atoms with van der Waals surface area (Å²) in [5.41, 5.74) is 1.37. The Kier molecular flexibility index (Phi) is 3.66. The number of rotatable bonds is 2. The topological polar surface area (TPSA) is 3.24 Å². The highest BCUT2D eigenvalue weighted by molar-refractivity contribution is 6.30. The molecule has 2 rings (SSSR count). The van der Waals surface area contributed by atoms with Gasteiger partial charge in [0.2, 0.25) is 0 Å². The van der Waals surface area contributed by atoms with E-state index in [-0.39, 0.29) is 0 Å². The van der Waals surface area contributed by atoms with Gasteiger partial charge in [0, 0.05) is 11.6 Å². The van der Waals surface area contributed by atoms with Crippen molar-refractivity contribution in [2.24, 2.45) is 5.92 Å². The highest BCUT2D eigenvalue weighted by Gasteiger charge is 2.15. The van der Waals surface area contributed by atoms with Crippen molar-refractivity contribution >= 4 is 11.6 Å². The summed E-state index contributed by atoms with van der Waals surface area (Å²) in [4.78, 5) is 2.53. The minimum atomic E-state index is 0.825. The highest BCUT2D eigenvalue weighted by Crippen LogP contribution is 2.18. The lowest BCUT2D eigenvalue weighted by Gasteiger charge is -2.30. The van der Waals surface area contributed by atoms with Gasteiger partial charge < -0.3 is 0 Å². The summed E-state index contributed by atoms with van der Waals surface area (Å²) in [5, 5.41) is 0.825. The van der Waals surface area contributed by atoms with Crippen LogP contribution < -0.4 is 0 Å². The molecule has 15 heavy (non-hydrogen) atoms. The second-order valence-corrected chi connectivity index (χ2v) is 5.02. The largest absolute Gasteiger partial charge is 0.299 e. The van der Waals surface area contributed by atoms with Gasteiger partial charge in [-0.3, -0.25) is 4.90 Å². The molecule has 2 heteroatoms. The first-order chi connectivity index (χ1) is 7.24. The molecular formula is C13H18ClN. The molecule has 0 bridgehead atoms. The average Bonchev–Trinajstić information content (AvgIpc) is 2.25. The second kappa shape index (κ2) is 5.00. The van der Waals surface area contributed by atoms with Crippen molar-refractivity contribution in [1.29, 1.82) is 0 Å². The fraction of sp³-hybridized carbons (Fsp3) is 0.538. The van der Waals surface area contributed by atoms with Gasteiger partial charge in [-0.15, -0.1) is 0 Å². The van der Waals surface area contributed by atoms with Crippen molar-refractivity contribution in [3.05, 3.63) is 34.9 Å². The number of hydrogen-bond donors (Lipinski definition) is 0. The van der Waals surface area contributed by atoms with E-state index in [9.17, 15) is 0 Å². The van der Waals surface area contributed by atoms with Crippen LogP contribution in [0.1, 0.15) is 25.3 Å². The van der Waals surface area contributed by atoms with Crippen LogP contribution in [0.5, 0.6) is 0 Å². The van der Waals surface area contributed by atoms with Crippen LogP contribution in [0.15, 0.2) is 24.3 Å². The first-order valence-electron chi connectivity index (χ1n) is 5.71. The van der Waals surface area contributed by atoms with Crippen LogP contribution in [-0.4, -0.2) is 18.0 Å². The Balaban J connectivity index is 1.89. The van der Waals surface area contributed by atoms with Gasteiger partial charge in [-0.2, -0.15) is 0 Å². The zero-order chi connectivity index (χ0) is 10.7. The summed E-state index contributed by atoms with van der Waals surface area (Å²) in [6.07, 6.45) is 2.68. The van der Waals surface area contributed by atoms with Crippen molar-refractivity contribution in [1.82, 2.24) is 4.90 Å². The predicted octanol–water partition coefficient (Wildman–Crippen LogP) is 3.57. The number of piperidine rings is 1. The molecule has 0 aromatic heterocycles. The van der Waals surface area contributed by atoms with Gasteiger partial charge in [0.1, 0.15) is 0 Å². The monoisotopic (exact) mass is 223 g/mol. The number of nitrogens with zero attached hydrogens (tertiary/aromatic N) is 1. The van der Waals surface area contributed by atoms with Gasteiger partial charge >= 0.3 is 0 Å². The van der Waals surface area contributed by atoms with Crippen molar-refractivity contribution in [2.75, 3.05) is 13.1 Å². The SMILES string of the molecule is CC1CCN(Cc2ccc(Cl)cc2)CC1. The third-order valence-corrected chi connectivity index (χ3v) is 3.45. The van der Waals surface area contributed by atoms with Crippen LogP contribution >= 0.6 is 11.6 Å². The standard InChI is InChI=1S/C13H18ClN/c1-11-6-8-15(9-7-11)10-12-2-4-13(14)5-3-12/h2-5,11H,6-10H2,1H3. The van der Waals surface area contributed by atoms with Crippen molar-refractivity contribution in [3.8, 4) is 0 Å². The van der Waals surface area contributed by atoms with Crippen LogP contribution in [0.25, 0.3) is 0 Å². The Hall–Kier alpha value is -0.530. The highest BCUT2D eigenvalue weighted by atomic mass is 35.5. The van der Waals surface area contributed by atoms with Gasteiger partial charge in [0.05, 0.1) is 0 Å². The molecule has 0 N–H and O–H groups in total. The van der Waals surface area contributed by atoms with E-state index >= 15 is 0 Å². The Bertz CT molecular complexity index is 299. The molecule has 1 aromatic rings. The zero-order valence-corrected chi connectivity index (χ0v) is 10.0. The lowest BCUT2D eigenvalue weighted by molar-refractivity contribution is 0.185. The van der Waals surface area contributed by atoms with Gasteiger partial charge in [0.15, 0.2) is 0 Å². The zero-order valence-electron chi connectivity index (χ0n) is 9.25. The summed E-state index contributed by atoms with van der Waals surface area (Å²) in [6.45, 7) is 5.90. The number of likely N-dealkylation sites (tertiary alicyclic amines) is 1. The van der Waals surface area contributed by atoms with Crippen molar-refractivity contribution < 1.29 is 0 Å². The van der Waals surface area contributed by atoms with E-state index in [1.165, 1.54) is 31.5 Å². The molecule has 0 atom stereocenters. The maximum Gasteiger partial charge on any atom is 0.0406 e. The van der Waals surface area contributed by atoms with Gasteiger partial charge in [-0.25, -0.2) is 0 Å². The molecular weight excluding hydrogens is 206 g/mol. The average molecular weight is 224 g/mol. The normalized spacial score (nSPS) is 19.3. The quantitative estimate of drug-likeness (QED) is 0.741. The summed E-state index contributed by atoms with van der Waals surface area (Å²) >= 11 is 5.86. The Morgan fingerprint density at radius 3 is 2.40 bits per heavy atom. The number of halogens is 1. The number of hydrogen-bond acceptors (Lipinski definition) is 1. The Morgan fingerprint density at radius 2 is 1.80 bits per heavy atom. The lowest BCUT2D eigenvalue weighted by Crippen LogP contribution is -2.32. The lowest BCUT2D eigenvalue weighted by atomic mass is 9.99. The Morgan fingerprint density at radius 1 is 1.20 bits per heavy atom. The van der Waals surface area contributed by atoms with E-state index in [1.54, 1.807) is 0 Å². The van der Waals surface area contributed by atoms with Crippen molar-refractivity contribution in [3.63, 3.8) is 0 Å². The molecule has 1 heterocycles. The molecule has 0 radical (unpaired) electrons. The maximum atomic E-state index is 5.86. The summed E-state index contributed by atoms with van der Waals surface area (Å²) in [6, 6.07) is 8.20. The first kappa shape index (κ1) is 11.0. The van der Waals surface area contributed by atoms with Crippen LogP contribution in [0.3, 0.4) is 0 Å². The van der Waals surface area contributed by atoms with Gasteiger partial charge in [-0.1, -0.05) is 30.7 Å². The van der Waals surface area contributed by atoms with Gasteiger partial charge in [-0.05, 0) is 49.5 Å². The second-order valence-electron chi connectivity index (χ2n) is 4.59. The molecule has 1 aliphatic heterocycles. The Labute approximate surface area is 97.0 Å². The molecule has 82 valence electrons. The third kappa shape index (κ3) is 3.22. The van der Waals surface area contributed by atoms with Gasteiger partial charge in [0.25, 0.3) is 0 Å². The van der Waals surface area contributed by atoms with E-state index in [0.717, 1.165) is 17.5 Å². The molecule has 0 spiro atoms. The van der Waals surface area contributed by atoms with E-state index in [2.05, 4.69) is 24.0 Å². The van der Waals surface area contributed by atoms with Crippen LogP contribution in [0.2, 0.25) is 5.02 Å². The van der Waals surface area contributed by atoms with E-state index in [1.807, 2.05) is 12.1 Å². The molecule has 1 aromatic carbocycles.